The van der Waals surface area contributed by atoms with Gasteiger partial charge in [-0.2, -0.15) is 0 Å². The number of hydrogen-bond donors (Lipinski definition) is 2. The highest BCUT2D eigenvalue weighted by molar-refractivity contribution is 5.93. The predicted octanol–water partition coefficient (Wildman–Crippen LogP) is 0.494. The van der Waals surface area contributed by atoms with Gasteiger partial charge in [-0.1, -0.05) is 0 Å². The largest absolute Gasteiger partial charge is 0.462 e. The molecule has 126 valence electrons. The Hall–Kier alpha value is -1.92. The molecule has 1 aromatic rings. The van der Waals surface area contributed by atoms with Crippen molar-refractivity contribution in [1.82, 2.24) is 0 Å². The molecule has 0 aromatic heterocycles. The van der Waals surface area contributed by atoms with Gasteiger partial charge in [0.15, 0.2) is 6.54 Å². The second-order valence-electron chi connectivity index (χ2n) is 5.94. The molecule has 1 aliphatic heterocycles. The van der Waals surface area contributed by atoms with Gasteiger partial charge in [-0.15, -0.1) is 0 Å². The van der Waals surface area contributed by atoms with Crippen LogP contribution in [0.5, 0.6) is 0 Å². The molecule has 1 heterocycles. The van der Waals surface area contributed by atoms with E-state index in [0.717, 1.165) is 13.1 Å². The highest BCUT2D eigenvalue weighted by Crippen LogP contribution is 2.10. The Morgan fingerprint density at radius 2 is 1.83 bits per heavy atom. The maximum absolute atomic E-state index is 12.2. The summed E-state index contributed by atoms with van der Waals surface area (Å²) in [6.07, 6.45) is 0.343. The molecule has 1 fully saturated rings. The molecule has 0 unspecified atom stereocenters. The van der Waals surface area contributed by atoms with E-state index in [1.165, 1.54) is 4.90 Å². The van der Waals surface area contributed by atoms with Crippen LogP contribution < -0.4 is 10.2 Å². The van der Waals surface area contributed by atoms with E-state index in [-0.39, 0.29) is 24.1 Å². The van der Waals surface area contributed by atoms with Crippen LogP contribution in [0.25, 0.3) is 0 Å². The Balaban J connectivity index is 1.86. The summed E-state index contributed by atoms with van der Waals surface area (Å²) in [7, 11) is 0. The number of carbonyl (C=O) groups is 2. The zero-order valence-electron chi connectivity index (χ0n) is 13.9. The van der Waals surface area contributed by atoms with E-state index in [1.807, 2.05) is 13.8 Å². The molecule has 0 bridgehead atoms. The minimum absolute atomic E-state index is 0.0369. The van der Waals surface area contributed by atoms with Crippen LogP contribution in [-0.2, 0) is 14.3 Å². The summed E-state index contributed by atoms with van der Waals surface area (Å²) in [6.45, 7) is 8.25. The number of hydrogen-bond acceptors (Lipinski definition) is 4. The molecule has 1 amide bonds. The van der Waals surface area contributed by atoms with Crippen molar-refractivity contribution in [3.63, 3.8) is 0 Å². The number of amides is 1. The van der Waals surface area contributed by atoms with Gasteiger partial charge in [-0.05, 0) is 45.0 Å². The second-order valence-corrected chi connectivity index (χ2v) is 5.94. The van der Waals surface area contributed by atoms with Gasteiger partial charge in [0.05, 0.1) is 12.2 Å². The molecule has 0 aliphatic carbocycles. The summed E-state index contributed by atoms with van der Waals surface area (Å²) < 4.78 is 10.6. The van der Waals surface area contributed by atoms with Crippen molar-refractivity contribution in [2.24, 2.45) is 0 Å². The molecule has 0 radical (unpaired) electrons. The summed E-state index contributed by atoms with van der Waals surface area (Å²) in [4.78, 5) is 24.9. The lowest BCUT2D eigenvalue weighted by Gasteiger charge is -2.31. The zero-order chi connectivity index (χ0) is 16.8. The summed E-state index contributed by atoms with van der Waals surface area (Å²) in [5.41, 5.74) is 1.16. The lowest BCUT2D eigenvalue weighted by molar-refractivity contribution is -0.907. The van der Waals surface area contributed by atoms with Crippen molar-refractivity contribution in [1.29, 1.82) is 0 Å². The summed E-state index contributed by atoms with van der Waals surface area (Å²) >= 11 is 0. The standard InChI is InChI=1S/C17H24N2O4/c1-4-22-17(21)14-5-7-15(8-6-14)18-16(20)11-19-9-12(2)23-13(3)10-19/h5-8,12-13H,4,9-11H2,1-3H3,(H,18,20)/p+1/t12-,13-/m0/s1. The van der Waals surface area contributed by atoms with Gasteiger partial charge in [0.1, 0.15) is 25.3 Å². The van der Waals surface area contributed by atoms with E-state index in [2.05, 4.69) is 5.32 Å². The normalized spacial score (nSPS) is 24.0. The minimum atomic E-state index is -0.355. The van der Waals surface area contributed by atoms with Crippen LogP contribution in [0.2, 0.25) is 0 Å². The number of ether oxygens (including phenoxy) is 2. The minimum Gasteiger partial charge on any atom is -0.462 e. The SMILES string of the molecule is CCOC(=O)c1ccc(NC(=O)C[NH+]2C[C@H](C)O[C@@H](C)C2)cc1. The maximum Gasteiger partial charge on any atom is 0.338 e. The summed E-state index contributed by atoms with van der Waals surface area (Å²) in [6, 6.07) is 6.73. The van der Waals surface area contributed by atoms with E-state index in [1.54, 1.807) is 31.2 Å². The smallest absolute Gasteiger partial charge is 0.338 e. The Kier molecular flexibility index (Phi) is 6.12. The third-order valence-corrected chi connectivity index (χ3v) is 3.71. The third kappa shape index (κ3) is 5.33. The van der Waals surface area contributed by atoms with Gasteiger partial charge in [0, 0.05) is 5.69 Å². The first-order chi connectivity index (χ1) is 11.0. The van der Waals surface area contributed by atoms with Crippen LogP contribution in [0, 0.1) is 0 Å². The first kappa shape index (κ1) is 17.4. The van der Waals surface area contributed by atoms with Crippen molar-refractivity contribution in [2.75, 3.05) is 31.6 Å². The van der Waals surface area contributed by atoms with Gasteiger partial charge in [-0.3, -0.25) is 4.79 Å². The molecule has 0 saturated carbocycles. The first-order valence-corrected chi connectivity index (χ1v) is 8.04. The van der Waals surface area contributed by atoms with Crippen molar-refractivity contribution in [2.45, 2.75) is 33.0 Å². The van der Waals surface area contributed by atoms with Crippen LogP contribution in [-0.4, -0.2) is 50.3 Å². The second kappa shape index (κ2) is 8.08. The molecule has 2 rings (SSSR count). The molecule has 6 nitrogen and oxygen atoms in total. The average Bonchev–Trinajstić information content (AvgIpc) is 2.47. The van der Waals surface area contributed by atoms with Crippen molar-refractivity contribution in [3.05, 3.63) is 29.8 Å². The number of carbonyl (C=O) groups excluding carboxylic acids is 2. The molecule has 1 aromatic carbocycles. The number of nitrogens with one attached hydrogen (secondary N) is 2. The number of rotatable bonds is 5. The zero-order valence-corrected chi connectivity index (χ0v) is 13.9. The molecule has 6 heteroatoms. The van der Waals surface area contributed by atoms with Crippen LogP contribution in [0.4, 0.5) is 5.69 Å². The average molecular weight is 321 g/mol. The van der Waals surface area contributed by atoms with Gasteiger partial charge < -0.3 is 19.7 Å². The first-order valence-electron chi connectivity index (χ1n) is 8.04. The van der Waals surface area contributed by atoms with E-state index >= 15 is 0 Å². The number of quaternary nitrogens is 1. The van der Waals surface area contributed by atoms with E-state index < -0.39 is 0 Å². The fraction of sp³-hybridized carbons (Fsp3) is 0.529. The van der Waals surface area contributed by atoms with Gasteiger partial charge in [0.2, 0.25) is 0 Å². The Bertz CT molecular complexity index is 534. The monoisotopic (exact) mass is 321 g/mol. The molecule has 2 atom stereocenters. The Morgan fingerprint density at radius 3 is 2.39 bits per heavy atom. The summed E-state index contributed by atoms with van der Waals surface area (Å²) in [5.74, 6) is -0.392. The Labute approximate surface area is 136 Å². The van der Waals surface area contributed by atoms with Crippen LogP contribution in [0.3, 0.4) is 0 Å². The summed E-state index contributed by atoms with van der Waals surface area (Å²) in [5, 5.41) is 2.86. The molecule has 1 saturated heterocycles. The number of morpholine rings is 1. The maximum atomic E-state index is 12.2. The van der Waals surface area contributed by atoms with Crippen LogP contribution >= 0.6 is 0 Å². The topological polar surface area (TPSA) is 69.1 Å². The third-order valence-electron chi connectivity index (χ3n) is 3.71. The number of esters is 1. The van der Waals surface area contributed by atoms with Gasteiger partial charge in [-0.25, -0.2) is 4.79 Å². The fourth-order valence-corrected chi connectivity index (χ4v) is 2.87. The lowest BCUT2D eigenvalue weighted by Crippen LogP contribution is -3.16. The highest BCUT2D eigenvalue weighted by atomic mass is 16.5. The molecular weight excluding hydrogens is 296 g/mol. The van der Waals surface area contributed by atoms with Gasteiger partial charge >= 0.3 is 5.97 Å². The van der Waals surface area contributed by atoms with Crippen molar-refractivity contribution >= 4 is 17.6 Å². The van der Waals surface area contributed by atoms with E-state index in [4.69, 9.17) is 9.47 Å². The van der Waals surface area contributed by atoms with Crippen molar-refractivity contribution < 1.29 is 24.0 Å². The molecule has 1 aliphatic rings. The van der Waals surface area contributed by atoms with Crippen molar-refractivity contribution in [3.8, 4) is 0 Å². The van der Waals surface area contributed by atoms with E-state index in [0.29, 0.717) is 24.4 Å². The fourth-order valence-electron chi connectivity index (χ4n) is 2.87. The van der Waals surface area contributed by atoms with Crippen LogP contribution in [0.15, 0.2) is 24.3 Å². The molecule has 23 heavy (non-hydrogen) atoms. The highest BCUT2D eigenvalue weighted by Gasteiger charge is 2.27. The number of benzene rings is 1. The molecule has 0 spiro atoms. The van der Waals surface area contributed by atoms with Crippen LogP contribution in [0.1, 0.15) is 31.1 Å². The van der Waals surface area contributed by atoms with E-state index in [9.17, 15) is 9.59 Å². The Morgan fingerprint density at radius 1 is 1.22 bits per heavy atom. The predicted molar refractivity (Wildman–Crippen MR) is 86.6 cm³/mol. The quantitative estimate of drug-likeness (QED) is 0.775. The molecule has 2 N–H and O–H groups in total. The van der Waals surface area contributed by atoms with Gasteiger partial charge in [0.25, 0.3) is 5.91 Å². The lowest BCUT2D eigenvalue weighted by atomic mass is 10.2. The number of anilines is 1. The molecular formula is C17H25N2O4+.